The lowest BCUT2D eigenvalue weighted by Gasteiger charge is -1.99. The Kier molecular flexibility index (Phi) is 2.05. The highest BCUT2D eigenvalue weighted by atomic mass is 16.1. The monoisotopic (exact) mass is 136 g/mol. The lowest BCUT2D eigenvalue weighted by molar-refractivity contribution is -0.113. The lowest BCUT2D eigenvalue weighted by atomic mass is 10.0. The zero-order valence-corrected chi connectivity index (χ0v) is 6.31. The highest BCUT2D eigenvalue weighted by Gasteiger charge is 2.10. The Morgan fingerprint density at radius 2 is 2.40 bits per heavy atom. The molecule has 0 unspecified atom stereocenters. The van der Waals surface area contributed by atoms with E-state index < -0.39 is 0 Å². The van der Waals surface area contributed by atoms with Crippen LogP contribution in [0.2, 0.25) is 0 Å². The molecule has 1 rings (SSSR count). The van der Waals surface area contributed by atoms with Crippen LogP contribution in [0.15, 0.2) is 23.8 Å². The summed E-state index contributed by atoms with van der Waals surface area (Å²) in [5.74, 6) is 0.105. The van der Waals surface area contributed by atoms with E-state index in [2.05, 4.69) is 12.7 Å². The van der Waals surface area contributed by atoms with Gasteiger partial charge in [-0.05, 0) is 31.8 Å². The van der Waals surface area contributed by atoms with Crippen molar-refractivity contribution in [2.24, 2.45) is 0 Å². The van der Waals surface area contributed by atoms with Crippen molar-refractivity contribution in [2.75, 3.05) is 0 Å². The Morgan fingerprint density at radius 3 is 2.80 bits per heavy atom. The van der Waals surface area contributed by atoms with Gasteiger partial charge in [0.15, 0.2) is 5.78 Å². The summed E-state index contributed by atoms with van der Waals surface area (Å²) < 4.78 is 0. The zero-order valence-electron chi connectivity index (χ0n) is 6.31. The van der Waals surface area contributed by atoms with Crippen molar-refractivity contribution in [1.29, 1.82) is 0 Å². The van der Waals surface area contributed by atoms with Gasteiger partial charge in [-0.3, -0.25) is 4.79 Å². The smallest absolute Gasteiger partial charge is 0.159 e. The van der Waals surface area contributed by atoms with Gasteiger partial charge in [-0.25, -0.2) is 0 Å². The largest absolute Gasteiger partial charge is 0.295 e. The van der Waals surface area contributed by atoms with E-state index in [4.69, 9.17) is 0 Å². The van der Waals surface area contributed by atoms with Gasteiger partial charge in [0.1, 0.15) is 0 Å². The summed E-state index contributed by atoms with van der Waals surface area (Å²) in [6.45, 7) is 5.29. The molecule has 0 aromatic heterocycles. The van der Waals surface area contributed by atoms with E-state index in [1.54, 1.807) is 6.92 Å². The first-order valence-electron chi connectivity index (χ1n) is 3.61. The number of hydrogen-bond acceptors (Lipinski definition) is 1. The number of carbonyl (C=O) groups is 1. The fraction of sp³-hybridized carbons (Fsp3) is 0.444. The van der Waals surface area contributed by atoms with Gasteiger partial charge in [-0.1, -0.05) is 12.7 Å². The average molecular weight is 136 g/mol. The van der Waals surface area contributed by atoms with Crippen molar-refractivity contribution in [3.05, 3.63) is 23.8 Å². The minimum Gasteiger partial charge on any atom is -0.295 e. The molecule has 0 heterocycles. The molecule has 0 fully saturated rings. The topological polar surface area (TPSA) is 17.1 Å². The molecule has 0 N–H and O–H groups in total. The molecule has 0 bridgehead atoms. The number of rotatable bonds is 2. The van der Waals surface area contributed by atoms with Crippen LogP contribution in [0.3, 0.4) is 0 Å². The van der Waals surface area contributed by atoms with Crippen LogP contribution in [0.1, 0.15) is 26.2 Å². The van der Waals surface area contributed by atoms with E-state index in [9.17, 15) is 4.79 Å². The van der Waals surface area contributed by atoms with Gasteiger partial charge in [-0.15, -0.1) is 0 Å². The van der Waals surface area contributed by atoms with Gasteiger partial charge >= 0.3 is 0 Å². The van der Waals surface area contributed by atoms with Crippen LogP contribution in [0.5, 0.6) is 0 Å². The normalized spacial score (nSPS) is 16.7. The second-order valence-electron chi connectivity index (χ2n) is 2.66. The van der Waals surface area contributed by atoms with Gasteiger partial charge in [0.05, 0.1) is 0 Å². The number of hydrogen-bond donors (Lipinski definition) is 0. The quantitative estimate of drug-likeness (QED) is 0.532. The summed E-state index contributed by atoms with van der Waals surface area (Å²) in [5.41, 5.74) is 1.87. The molecule has 1 nitrogen and oxygen atoms in total. The molecule has 0 aromatic carbocycles. The van der Waals surface area contributed by atoms with E-state index in [0.29, 0.717) is 5.57 Å². The number of carbonyl (C=O) groups excluding carboxylic acids is 1. The van der Waals surface area contributed by atoms with Gasteiger partial charge in [-0.2, -0.15) is 0 Å². The third-order valence-corrected chi connectivity index (χ3v) is 1.85. The van der Waals surface area contributed by atoms with Gasteiger partial charge in [0.2, 0.25) is 0 Å². The molecule has 1 aliphatic carbocycles. The molecule has 1 heteroatoms. The maximum absolute atomic E-state index is 10.8. The molecule has 0 amide bonds. The number of Topliss-reactive ketones (excluding diaryl/α,β-unsaturated/α-hetero) is 1. The van der Waals surface area contributed by atoms with Gasteiger partial charge < -0.3 is 0 Å². The number of allylic oxidation sites excluding steroid dienone is 3. The molecule has 0 radical (unpaired) electrons. The first-order chi connectivity index (χ1) is 4.72. The molecule has 0 spiro atoms. The molecule has 0 saturated carbocycles. The van der Waals surface area contributed by atoms with E-state index in [-0.39, 0.29) is 5.78 Å². The molecule has 1 aliphatic rings. The van der Waals surface area contributed by atoms with Crippen LogP contribution < -0.4 is 0 Å². The minimum absolute atomic E-state index is 0.105. The van der Waals surface area contributed by atoms with Crippen LogP contribution in [-0.4, -0.2) is 5.78 Å². The van der Waals surface area contributed by atoms with Crippen LogP contribution in [0.25, 0.3) is 0 Å². The fourth-order valence-electron chi connectivity index (χ4n) is 1.17. The summed E-state index contributed by atoms with van der Waals surface area (Å²) >= 11 is 0. The highest BCUT2D eigenvalue weighted by Crippen LogP contribution is 2.23. The number of ketones is 1. The maximum atomic E-state index is 10.8. The molecule has 10 heavy (non-hydrogen) atoms. The second-order valence-corrected chi connectivity index (χ2v) is 2.66. The summed E-state index contributed by atoms with van der Waals surface area (Å²) in [5, 5.41) is 0. The summed E-state index contributed by atoms with van der Waals surface area (Å²) in [7, 11) is 0. The SMILES string of the molecule is C=C(C(C)=O)C1=CCCC1. The molecule has 0 atom stereocenters. The van der Waals surface area contributed by atoms with Crippen LogP contribution in [0.4, 0.5) is 0 Å². The molecule has 0 aliphatic heterocycles. The van der Waals surface area contributed by atoms with Crippen molar-refractivity contribution < 1.29 is 4.79 Å². The molecular formula is C9H12O. The van der Waals surface area contributed by atoms with Crippen molar-refractivity contribution in [2.45, 2.75) is 26.2 Å². The summed E-state index contributed by atoms with van der Waals surface area (Å²) in [4.78, 5) is 10.8. The summed E-state index contributed by atoms with van der Waals surface area (Å²) in [6.07, 6.45) is 5.45. The average Bonchev–Trinajstić information content (AvgIpc) is 2.36. The highest BCUT2D eigenvalue weighted by molar-refractivity contribution is 5.97. The van der Waals surface area contributed by atoms with E-state index >= 15 is 0 Å². The Balaban J connectivity index is 2.65. The molecule has 0 saturated heterocycles. The van der Waals surface area contributed by atoms with E-state index in [1.807, 2.05) is 0 Å². The Hall–Kier alpha value is -0.850. The van der Waals surface area contributed by atoms with Crippen molar-refractivity contribution in [1.82, 2.24) is 0 Å². The van der Waals surface area contributed by atoms with Crippen molar-refractivity contribution in [3.63, 3.8) is 0 Å². The third-order valence-electron chi connectivity index (χ3n) is 1.85. The zero-order chi connectivity index (χ0) is 7.56. The molecule has 0 aromatic rings. The fourth-order valence-corrected chi connectivity index (χ4v) is 1.17. The van der Waals surface area contributed by atoms with Crippen LogP contribution in [-0.2, 0) is 4.79 Å². The molecule has 54 valence electrons. The van der Waals surface area contributed by atoms with E-state index in [1.165, 1.54) is 6.42 Å². The predicted molar refractivity (Wildman–Crippen MR) is 41.8 cm³/mol. The van der Waals surface area contributed by atoms with Crippen molar-refractivity contribution >= 4 is 5.78 Å². The Bertz CT molecular complexity index is 199. The Labute approximate surface area is 61.4 Å². The predicted octanol–water partition coefficient (Wildman–Crippen LogP) is 2.24. The van der Waals surface area contributed by atoms with E-state index in [0.717, 1.165) is 18.4 Å². The van der Waals surface area contributed by atoms with Crippen LogP contribution >= 0.6 is 0 Å². The summed E-state index contributed by atoms with van der Waals surface area (Å²) in [6, 6.07) is 0. The van der Waals surface area contributed by atoms with Gasteiger partial charge in [0.25, 0.3) is 0 Å². The first kappa shape index (κ1) is 7.26. The third kappa shape index (κ3) is 1.35. The minimum atomic E-state index is 0.105. The van der Waals surface area contributed by atoms with Crippen molar-refractivity contribution in [3.8, 4) is 0 Å². The lowest BCUT2D eigenvalue weighted by Crippen LogP contribution is -1.96. The standard InChI is InChI=1S/C9H12O/c1-7(8(2)10)9-5-3-4-6-9/h5H,1,3-4,6H2,2H3. The first-order valence-corrected chi connectivity index (χ1v) is 3.61. The Morgan fingerprint density at radius 1 is 1.70 bits per heavy atom. The molecular weight excluding hydrogens is 124 g/mol. The second kappa shape index (κ2) is 2.82. The van der Waals surface area contributed by atoms with Crippen LogP contribution in [0, 0.1) is 0 Å². The van der Waals surface area contributed by atoms with Gasteiger partial charge in [0, 0.05) is 5.57 Å². The maximum Gasteiger partial charge on any atom is 0.159 e.